The van der Waals surface area contributed by atoms with E-state index in [0.717, 1.165) is 17.7 Å². The van der Waals surface area contributed by atoms with Crippen LogP contribution in [0.2, 0.25) is 0 Å². The summed E-state index contributed by atoms with van der Waals surface area (Å²) in [6, 6.07) is 17.6. The topological polar surface area (TPSA) is 55.8 Å². The van der Waals surface area contributed by atoms with Gasteiger partial charge < -0.3 is 14.4 Å². The van der Waals surface area contributed by atoms with Crippen LogP contribution in [0.1, 0.15) is 18.1 Å². The van der Waals surface area contributed by atoms with Gasteiger partial charge in [0, 0.05) is 5.69 Å². The van der Waals surface area contributed by atoms with Gasteiger partial charge in [-0.3, -0.25) is 9.59 Å². The van der Waals surface area contributed by atoms with Crippen LogP contribution in [0.15, 0.2) is 66.7 Å². The molecule has 2 bridgehead atoms. The summed E-state index contributed by atoms with van der Waals surface area (Å²) in [5, 5.41) is 0. The molecule has 0 radical (unpaired) electrons. The first kappa shape index (κ1) is 18.1. The van der Waals surface area contributed by atoms with E-state index in [0.29, 0.717) is 6.54 Å². The Balaban J connectivity index is 1.37. The molecule has 3 aliphatic rings. The number of fused-ring (bicyclic) bond motifs is 1. The van der Waals surface area contributed by atoms with Crippen molar-refractivity contribution in [3.05, 3.63) is 77.9 Å². The number of esters is 1. The molecule has 0 aromatic heterocycles. The van der Waals surface area contributed by atoms with E-state index in [1.54, 1.807) is 4.90 Å². The Kier molecular flexibility index (Phi) is 4.28. The molecule has 2 fully saturated rings. The molecular formula is C24H23NO4. The molecule has 0 saturated carbocycles. The van der Waals surface area contributed by atoms with Crippen LogP contribution >= 0.6 is 0 Å². The van der Waals surface area contributed by atoms with Gasteiger partial charge in [-0.05, 0) is 29.7 Å². The third-order valence-corrected chi connectivity index (χ3v) is 6.25. The summed E-state index contributed by atoms with van der Waals surface area (Å²) >= 11 is 0. The Morgan fingerprint density at radius 2 is 1.90 bits per heavy atom. The van der Waals surface area contributed by atoms with Gasteiger partial charge in [-0.15, -0.1) is 0 Å². The number of hydrogen-bond acceptors (Lipinski definition) is 4. The minimum absolute atomic E-state index is 0.0669. The highest BCUT2D eigenvalue weighted by molar-refractivity contribution is 6.02. The second kappa shape index (κ2) is 6.85. The zero-order valence-corrected chi connectivity index (χ0v) is 16.3. The summed E-state index contributed by atoms with van der Waals surface area (Å²) in [4.78, 5) is 28.0. The molecule has 5 nitrogen and oxygen atoms in total. The Hall–Kier alpha value is -2.92. The van der Waals surface area contributed by atoms with Crippen LogP contribution in [-0.2, 0) is 32.1 Å². The molecule has 2 aromatic carbocycles. The van der Waals surface area contributed by atoms with Crippen molar-refractivity contribution in [2.24, 2.45) is 11.8 Å². The zero-order chi connectivity index (χ0) is 20.0. The minimum Gasteiger partial charge on any atom is -0.460 e. The van der Waals surface area contributed by atoms with Gasteiger partial charge in [0.25, 0.3) is 0 Å². The summed E-state index contributed by atoms with van der Waals surface area (Å²) in [5.41, 5.74) is 2.25. The van der Waals surface area contributed by atoms with E-state index < -0.39 is 23.5 Å². The molecule has 5 rings (SSSR count). The maximum absolute atomic E-state index is 13.3. The van der Waals surface area contributed by atoms with Gasteiger partial charge in [0.2, 0.25) is 5.91 Å². The molecule has 0 unspecified atom stereocenters. The highest BCUT2D eigenvalue weighted by atomic mass is 16.6. The van der Waals surface area contributed by atoms with Gasteiger partial charge in [-0.2, -0.15) is 0 Å². The summed E-state index contributed by atoms with van der Waals surface area (Å²) in [7, 11) is 0. The van der Waals surface area contributed by atoms with Crippen molar-refractivity contribution < 1.29 is 19.1 Å². The van der Waals surface area contributed by atoms with E-state index in [1.807, 2.05) is 66.7 Å². The average molecular weight is 389 g/mol. The number of rotatable bonds is 5. The Morgan fingerprint density at radius 1 is 1.14 bits per heavy atom. The van der Waals surface area contributed by atoms with Gasteiger partial charge >= 0.3 is 5.97 Å². The largest absolute Gasteiger partial charge is 0.460 e. The quantitative estimate of drug-likeness (QED) is 0.582. The van der Waals surface area contributed by atoms with Crippen molar-refractivity contribution in [2.75, 3.05) is 11.4 Å². The SMILES string of the molecule is CCc1ccc(N2C[C@@]34C=C[C@@H](O3)[C@@H](C(=O)OCc3ccccc3)[C@H]4C2=O)cc1. The molecule has 2 aromatic rings. The Morgan fingerprint density at radius 3 is 2.62 bits per heavy atom. The van der Waals surface area contributed by atoms with E-state index in [9.17, 15) is 9.59 Å². The summed E-state index contributed by atoms with van der Waals surface area (Å²) in [6.07, 6.45) is 4.42. The Labute approximate surface area is 169 Å². The molecule has 1 amide bonds. The molecule has 3 aliphatic heterocycles. The monoisotopic (exact) mass is 389 g/mol. The lowest BCUT2D eigenvalue weighted by Crippen LogP contribution is -2.40. The second-order valence-corrected chi connectivity index (χ2v) is 7.94. The first-order valence-corrected chi connectivity index (χ1v) is 10.1. The first-order valence-electron chi connectivity index (χ1n) is 10.1. The number of benzene rings is 2. The fourth-order valence-corrected chi connectivity index (χ4v) is 4.72. The van der Waals surface area contributed by atoms with E-state index in [1.165, 1.54) is 5.56 Å². The smallest absolute Gasteiger partial charge is 0.313 e. The molecular weight excluding hydrogens is 366 g/mol. The normalized spacial score (nSPS) is 29.3. The van der Waals surface area contributed by atoms with Crippen molar-refractivity contribution in [1.29, 1.82) is 0 Å². The van der Waals surface area contributed by atoms with Gasteiger partial charge in [-0.1, -0.05) is 61.5 Å². The highest BCUT2D eigenvalue weighted by Gasteiger charge is 2.67. The number of carbonyl (C=O) groups excluding carboxylic acids is 2. The van der Waals surface area contributed by atoms with E-state index in [-0.39, 0.29) is 18.5 Å². The van der Waals surface area contributed by atoms with Crippen molar-refractivity contribution >= 4 is 17.6 Å². The lowest BCUT2D eigenvalue weighted by molar-refractivity contribution is -0.153. The van der Waals surface area contributed by atoms with Gasteiger partial charge in [0.1, 0.15) is 18.1 Å². The average Bonchev–Trinajstić information content (AvgIpc) is 3.41. The maximum atomic E-state index is 13.3. The highest BCUT2D eigenvalue weighted by Crippen LogP contribution is 2.52. The molecule has 148 valence electrons. The van der Waals surface area contributed by atoms with Crippen molar-refractivity contribution in [2.45, 2.75) is 31.7 Å². The van der Waals surface area contributed by atoms with E-state index in [4.69, 9.17) is 9.47 Å². The van der Waals surface area contributed by atoms with Crippen LogP contribution < -0.4 is 4.90 Å². The number of aryl methyl sites for hydroxylation is 1. The molecule has 5 heteroatoms. The summed E-state index contributed by atoms with van der Waals surface area (Å²) in [5.74, 6) is -1.57. The molecule has 1 spiro atoms. The molecule has 0 N–H and O–H groups in total. The van der Waals surface area contributed by atoms with Gasteiger partial charge in [-0.25, -0.2) is 0 Å². The van der Waals surface area contributed by atoms with Crippen LogP contribution in [-0.4, -0.2) is 30.1 Å². The third kappa shape index (κ3) is 2.88. The Bertz CT molecular complexity index is 968. The first-order chi connectivity index (χ1) is 14.1. The van der Waals surface area contributed by atoms with Crippen LogP contribution in [0.5, 0.6) is 0 Å². The number of ether oxygens (including phenoxy) is 2. The van der Waals surface area contributed by atoms with Crippen LogP contribution in [0.25, 0.3) is 0 Å². The number of amides is 1. The predicted molar refractivity (Wildman–Crippen MR) is 108 cm³/mol. The van der Waals surface area contributed by atoms with Crippen LogP contribution in [0.3, 0.4) is 0 Å². The van der Waals surface area contributed by atoms with Crippen LogP contribution in [0.4, 0.5) is 5.69 Å². The van der Waals surface area contributed by atoms with Gasteiger partial charge in [0.05, 0.1) is 18.6 Å². The second-order valence-electron chi connectivity index (χ2n) is 7.94. The standard InChI is InChI=1S/C24H23NO4/c1-2-16-8-10-18(11-9-16)25-15-24-13-12-19(29-24)20(21(24)22(25)26)23(27)28-14-17-6-4-3-5-7-17/h3-13,19-21H,2,14-15H2,1H3/t19-,20-,21+,24-/m1/s1. The van der Waals surface area contributed by atoms with Crippen LogP contribution in [0, 0.1) is 11.8 Å². The van der Waals surface area contributed by atoms with Crippen molar-refractivity contribution in [3.8, 4) is 0 Å². The fraction of sp³-hybridized carbons (Fsp3) is 0.333. The minimum atomic E-state index is -0.735. The number of anilines is 1. The number of carbonyl (C=O) groups is 2. The predicted octanol–water partition coefficient (Wildman–Crippen LogP) is 3.28. The summed E-state index contributed by atoms with van der Waals surface area (Å²) < 4.78 is 11.7. The number of hydrogen-bond donors (Lipinski definition) is 0. The maximum Gasteiger partial charge on any atom is 0.313 e. The third-order valence-electron chi connectivity index (χ3n) is 6.25. The molecule has 3 heterocycles. The van der Waals surface area contributed by atoms with E-state index >= 15 is 0 Å². The molecule has 2 saturated heterocycles. The van der Waals surface area contributed by atoms with Crippen molar-refractivity contribution in [3.63, 3.8) is 0 Å². The zero-order valence-electron chi connectivity index (χ0n) is 16.3. The van der Waals surface area contributed by atoms with E-state index in [2.05, 4.69) is 6.92 Å². The lowest BCUT2D eigenvalue weighted by Gasteiger charge is -2.22. The summed E-state index contributed by atoms with van der Waals surface area (Å²) in [6.45, 7) is 2.72. The molecule has 0 aliphatic carbocycles. The van der Waals surface area contributed by atoms with Gasteiger partial charge in [0.15, 0.2) is 0 Å². The van der Waals surface area contributed by atoms with Crippen molar-refractivity contribution in [1.82, 2.24) is 0 Å². The molecule has 29 heavy (non-hydrogen) atoms. The lowest BCUT2D eigenvalue weighted by atomic mass is 9.77. The number of nitrogens with zero attached hydrogens (tertiary/aromatic N) is 1. The fourth-order valence-electron chi connectivity index (χ4n) is 4.72. The molecule has 4 atom stereocenters.